The summed E-state index contributed by atoms with van der Waals surface area (Å²) in [6.45, 7) is 3.49. The predicted octanol–water partition coefficient (Wildman–Crippen LogP) is 1.99. The molecule has 0 aromatic rings. The van der Waals surface area contributed by atoms with Gasteiger partial charge in [0, 0.05) is 11.3 Å². The fraction of sp³-hybridized carbons (Fsp3) is 0.692. The maximum atomic E-state index is 11.8. The Balaban J connectivity index is 2.41. The number of aliphatic carboxylic acids is 1. The molecule has 1 aliphatic rings. The van der Waals surface area contributed by atoms with E-state index in [0.717, 1.165) is 19.3 Å². The molecule has 5 nitrogen and oxygen atoms in total. The van der Waals surface area contributed by atoms with E-state index in [2.05, 4.69) is 23.5 Å². The summed E-state index contributed by atoms with van der Waals surface area (Å²) in [5, 5.41) is 14.9. The summed E-state index contributed by atoms with van der Waals surface area (Å²) in [4.78, 5) is 22.7. The van der Waals surface area contributed by atoms with Gasteiger partial charge in [0.25, 0.3) is 0 Å². The third-order valence-corrected chi connectivity index (χ3v) is 4.40. The molecule has 3 N–H and O–H groups in total. The molecule has 0 aromatic carbocycles. The van der Waals surface area contributed by atoms with Crippen molar-refractivity contribution < 1.29 is 14.7 Å². The number of hydrogen-bond donors (Lipinski definition) is 3. The van der Waals surface area contributed by atoms with Crippen molar-refractivity contribution in [3.63, 3.8) is 0 Å². The van der Waals surface area contributed by atoms with Gasteiger partial charge in [-0.2, -0.15) is 11.8 Å². The Kier molecular flexibility index (Phi) is 6.77. The third kappa shape index (κ3) is 5.55. The largest absolute Gasteiger partial charge is 0.480 e. The van der Waals surface area contributed by atoms with Crippen LogP contribution >= 0.6 is 11.8 Å². The normalized spacial score (nSPS) is 24.3. The zero-order valence-corrected chi connectivity index (χ0v) is 12.0. The van der Waals surface area contributed by atoms with E-state index in [1.807, 2.05) is 11.8 Å². The summed E-state index contributed by atoms with van der Waals surface area (Å²) in [7, 11) is 0. The number of urea groups is 1. The molecule has 1 fully saturated rings. The Labute approximate surface area is 118 Å². The van der Waals surface area contributed by atoms with Gasteiger partial charge in [-0.25, -0.2) is 9.59 Å². The average molecular weight is 286 g/mol. The van der Waals surface area contributed by atoms with Gasteiger partial charge in [0.2, 0.25) is 0 Å². The Morgan fingerprint density at radius 3 is 2.84 bits per heavy atom. The molecule has 2 amide bonds. The summed E-state index contributed by atoms with van der Waals surface area (Å²) >= 11 is 1.82. The van der Waals surface area contributed by atoms with Crippen LogP contribution in [0.4, 0.5) is 4.79 Å². The smallest absolute Gasteiger partial charge is 0.326 e. The van der Waals surface area contributed by atoms with Gasteiger partial charge < -0.3 is 15.7 Å². The van der Waals surface area contributed by atoms with Gasteiger partial charge in [0.05, 0.1) is 0 Å². The molecule has 0 spiro atoms. The quantitative estimate of drug-likeness (QED) is 0.652. The number of thioether (sulfide) groups is 1. The van der Waals surface area contributed by atoms with Crippen molar-refractivity contribution in [3.05, 3.63) is 12.7 Å². The number of carbonyl (C=O) groups excluding carboxylic acids is 1. The molecule has 1 rings (SSSR count). The molecule has 0 aromatic heterocycles. The van der Waals surface area contributed by atoms with E-state index < -0.39 is 18.0 Å². The topological polar surface area (TPSA) is 78.4 Å². The fourth-order valence-corrected chi connectivity index (χ4v) is 3.09. The molecule has 19 heavy (non-hydrogen) atoms. The van der Waals surface area contributed by atoms with Crippen LogP contribution in [0.3, 0.4) is 0 Å². The van der Waals surface area contributed by atoms with Gasteiger partial charge in [-0.05, 0) is 31.9 Å². The molecule has 0 aliphatic heterocycles. The minimum Gasteiger partial charge on any atom is -0.480 e. The van der Waals surface area contributed by atoms with Crippen molar-refractivity contribution in [1.82, 2.24) is 10.6 Å². The van der Waals surface area contributed by atoms with E-state index in [9.17, 15) is 9.59 Å². The molecule has 0 bridgehead atoms. The summed E-state index contributed by atoms with van der Waals surface area (Å²) in [5.74, 6) is -1.04. The van der Waals surface area contributed by atoms with Crippen LogP contribution in [-0.2, 0) is 4.79 Å². The van der Waals surface area contributed by atoms with Crippen LogP contribution in [-0.4, -0.2) is 40.7 Å². The zero-order chi connectivity index (χ0) is 14.3. The van der Waals surface area contributed by atoms with Crippen molar-refractivity contribution in [2.75, 3.05) is 6.26 Å². The van der Waals surface area contributed by atoms with Gasteiger partial charge in [0.15, 0.2) is 0 Å². The molecular formula is C13H22N2O3S. The van der Waals surface area contributed by atoms with Crippen LogP contribution in [0, 0.1) is 0 Å². The maximum absolute atomic E-state index is 11.8. The first-order chi connectivity index (χ1) is 9.06. The fourth-order valence-electron chi connectivity index (χ4n) is 2.26. The Hall–Kier alpha value is -1.17. The number of carboxylic acid groups (broad SMARTS) is 1. The lowest BCUT2D eigenvalue weighted by Gasteiger charge is -2.29. The molecule has 1 saturated carbocycles. The summed E-state index contributed by atoms with van der Waals surface area (Å²) in [6.07, 6.45) is 8.00. The molecule has 6 heteroatoms. The van der Waals surface area contributed by atoms with Gasteiger partial charge in [0.1, 0.15) is 6.04 Å². The maximum Gasteiger partial charge on any atom is 0.326 e. The second-order valence-electron chi connectivity index (χ2n) is 4.75. The summed E-state index contributed by atoms with van der Waals surface area (Å²) < 4.78 is 0. The lowest BCUT2D eigenvalue weighted by Crippen LogP contribution is -2.50. The number of carboxylic acids is 1. The minimum absolute atomic E-state index is 0.143. The lowest BCUT2D eigenvalue weighted by atomic mass is 9.95. The van der Waals surface area contributed by atoms with Crippen LogP contribution in [0.1, 0.15) is 32.1 Å². The first-order valence-corrected chi connectivity index (χ1v) is 7.79. The molecule has 3 unspecified atom stereocenters. The highest BCUT2D eigenvalue weighted by Gasteiger charge is 2.24. The van der Waals surface area contributed by atoms with E-state index in [1.165, 1.54) is 12.5 Å². The zero-order valence-electron chi connectivity index (χ0n) is 11.2. The summed E-state index contributed by atoms with van der Waals surface area (Å²) in [5.41, 5.74) is 0. The van der Waals surface area contributed by atoms with Crippen molar-refractivity contribution in [2.45, 2.75) is 49.4 Å². The van der Waals surface area contributed by atoms with Crippen LogP contribution in [0.25, 0.3) is 0 Å². The van der Waals surface area contributed by atoms with E-state index >= 15 is 0 Å². The molecule has 3 atom stereocenters. The van der Waals surface area contributed by atoms with E-state index in [-0.39, 0.29) is 12.5 Å². The SMILES string of the molecule is C=CCC(NC(=O)NC1CCCC(SC)C1)C(=O)O. The standard InChI is InChI=1S/C13H22N2O3S/c1-3-5-11(12(16)17)15-13(18)14-9-6-4-7-10(8-9)19-2/h3,9-11H,1,4-8H2,2H3,(H,16,17)(H2,14,15,18). The number of carbonyl (C=O) groups is 2. The molecule has 0 heterocycles. The van der Waals surface area contributed by atoms with Crippen molar-refractivity contribution in [1.29, 1.82) is 0 Å². The van der Waals surface area contributed by atoms with Crippen LogP contribution in [0.2, 0.25) is 0 Å². The molecule has 0 saturated heterocycles. The highest BCUT2D eigenvalue weighted by atomic mass is 32.2. The number of rotatable bonds is 6. The number of amides is 2. The van der Waals surface area contributed by atoms with E-state index in [0.29, 0.717) is 5.25 Å². The number of nitrogens with one attached hydrogen (secondary N) is 2. The van der Waals surface area contributed by atoms with E-state index in [4.69, 9.17) is 5.11 Å². The van der Waals surface area contributed by atoms with Crippen molar-refractivity contribution in [2.24, 2.45) is 0 Å². The number of hydrogen-bond acceptors (Lipinski definition) is 3. The predicted molar refractivity (Wildman–Crippen MR) is 77.5 cm³/mol. The first kappa shape index (κ1) is 15.9. The minimum atomic E-state index is -1.04. The second-order valence-corrected chi connectivity index (χ2v) is 5.89. The Morgan fingerprint density at radius 2 is 2.26 bits per heavy atom. The lowest BCUT2D eigenvalue weighted by molar-refractivity contribution is -0.139. The van der Waals surface area contributed by atoms with Crippen LogP contribution in [0.15, 0.2) is 12.7 Å². The molecule has 1 aliphatic carbocycles. The molecule has 0 radical (unpaired) electrons. The van der Waals surface area contributed by atoms with Crippen LogP contribution in [0.5, 0.6) is 0 Å². The van der Waals surface area contributed by atoms with Gasteiger partial charge >= 0.3 is 12.0 Å². The first-order valence-electron chi connectivity index (χ1n) is 6.50. The Bertz CT molecular complexity index is 336. The third-order valence-electron chi connectivity index (χ3n) is 3.30. The van der Waals surface area contributed by atoms with Gasteiger partial charge in [-0.1, -0.05) is 12.5 Å². The van der Waals surface area contributed by atoms with Gasteiger partial charge in [-0.3, -0.25) is 0 Å². The molecular weight excluding hydrogens is 264 g/mol. The highest BCUT2D eigenvalue weighted by Crippen LogP contribution is 2.26. The van der Waals surface area contributed by atoms with Gasteiger partial charge in [-0.15, -0.1) is 6.58 Å². The second kappa shape index (κ2) is 8.09. The summed E-state index contributed by atoms with van der Waals surface area (Å²) in [6, 6.07) is -1.16. The Morgan fingerprint density at radius 1 is 1.53 bits per heavy atom. The average Bonchev–Trinajstić information content (AvgIpc) is 2.38. The van der Waals surface area contributed by atoms with Crippen LogP contribution < -0.4 is 10.6 Å². The van der Waals surface area contributed by atoms with Crippen molar-refractivity contribution in [3.8, 4) is 0 Å². The van der Waals surface area contributed by atoms with Crippen molar-refractivity contribution >= 4 is 23.8 Å². The molecule has 108 valence electrons. The monoisotopic (exact) mass is 286 g/mol. The van der Waals surface area contributed by atoms with E-state index in [1.54, 1.807) is 0 Å². The highest BCUT2D eigenvalue weighted by molar-refractivity contribution is 7.99.